The van der Waals surface area contributed by atoms with E-state index in [0.29, 0.717) is 32.1 Å². The molecule has 0 aliphatic carbocycles. The quantitative estimate of drug-likeness (QED) is 0.760. The van der Waals surface area contributed by atoms with E-state index < -0.39 is 11.5 Å². The monoisotopic (exact) mass is 269 g/mol. The second kappa shape index (κ2) is 5.00. The summed E-state index contributed by atoms with van der Waals surface area (Å²) >= 11 is 0. The number of carbonyl (C=O) groups excluding carboxylic acids is 1. The lowest BCUT2D eigenvalue weighted by molar-refractivity contribution is -0.147. The van der Waals surface area contributed by atoms with Crippen LogP contribution >= 0.6 is 0 Å². The van der Waals surface area contributed by atoms with E-state index >= 15 is 0 Å². The zero-order chi connectivity index (χ0) is 14.2. The molecule has 2 amide bonds. The Labute approximate surface area is 114 Å². The van der Waals surface area contributed by atoms with Crippen LogP contribution in [0, 0.1) is 0 Å². The maximum absolute atomic E-state index is 12.5. The average molecular weight is 269 g/mol. The third-order valence-electron chi connectivity index (χ3n) is 4.56. The summed E-state index contributed by atoms with van der Waals surface area (Å²) in [5, 5.41) is 9.36. The first-order chi connectivity index (χ1) is 8.86. The first-order valence-electron chi connectivity index (χ1n) is 6.86. The highest BCUT2D eigenvalue weighted by Crippen LogP contribution is 2.30. The normalized spacial score (nSPS) is 32.7. The van der Waals surface area contributed by atoms with Crippen molar-refractivity contribution >= 4 is 12.0 Å². The first kappa shape index (κ1) is 14.1. The Kier molecular flexibility index (Phi) is 3.71. The number of amides is 2. The van der Waals surface area contributed by atoms with Crippen LogP contribution in [0.2, 0.25) is 0 Å². The fraction of sp³-hybridized carbons (Fsp3) is 0.846. The predicted octanol–water partition coefficient (Wildman–Crippen LogP) is 0.681. The summed E-state index contributed by atoms with van der Waals surface area (Å²) in [6, 6.07) is 0.193. The van der Waals surface area contributed by atoms with E-state index in [1.54, 1.807) is 11.8 Å². The highest BCUT2D eigenvalue weighted by atomic mass is 16.4. The summed E-state index contributed by atoms with van der Waals surface area (Å²) in [6.45, 7) is 6.46. The molecule has 2 atom stereocenters. The van der Waals surface area contributed by atoms with Gasteiger partial charge in [0.1, 0.15) is 5.54 Å². The minimum atomic E-state index is -1.04. The molecule has 0 radical (unpaired) electrons. The molecule has 0 aromatic carbocycles. The second-order valence-corrected chi connectivity index (χ2v) is 5.89. The molecule has 6 heteroatoms. The van der Waals surface area contributed by atoms with E-state index in [4.69, 9.17) is 0 Å². The van der Waals surface area contributed by atoms with Crippen molar-refractivity contribution in [3.8, 4) is 0 Å². The number of hydrogen-bond acceptors (Lipinski definition) is 3. The zero-order valence-electron chi connectivity index (χ0n) is 11.9. The number of carbonyl (C=O) groups is 2. The third kappa shape index (κ3) is 2.41. The maximum atomic E-state index is 12.5. The van der Waals surface area contributed by atoms with E-state index in [9.17, 15) is 14.7 Å². The van der Waals surface area contributed by atoms with E-state index in [0.717, 1.165) is 13.0 Å². The summed E-state index contributed by atoms with van der Waals surface area (Å²) in [5.41, 5.74) is -1.04. The van der Waals surface area contributed by atoms with Gasteiger partial charge in [0.05, 0.1) is 0 Å². The molecule has 1 N–H and O–H groups in total. The van der Waals surface area contributed by atoms with Crippen molar-refractivity contribution in [2.45, 2.75) is 38.3 Å². The molecule has 2 heterocycles. The molecule has 108 valence electrons. The van der Waals surface area contributed by atoms with Gasteiger partial charge in [-0.15, -0.1) is 0 Å². The van der Waals surface area contributed by atoms with Gasteiger partial charge in [0.15, 0.2) is 0 Å². The Morgan fingerprint density at radius 3 is 2.53 bits per heavy atom. The molecule has 0 bridgehead atoms. The van der Waals surface area contributed by atoms with Gasteiger partial charge in [-0.3, -0.25) is 0 Å². The van der Waals surface area contributed by atoms with E-state index in [2.05, 4.69) is 11.8 Å². The van der Waals surface area contributed by atoms with Gasteiger partial charge in [0.25, 0.3) is 0 Å². The Morgan fingerprint density at radius 1 is 1.26 bits per heavy atom. The molecular formula is C13H23N3O3. The first-order valence-corrected chi connectivity index (χ1v) is 6.86. The number of carboxylic acid groups (broad SMARTS) is 1. The van der Waals surface area contributed by atoms with Crippen LogP contribution in [0.25, 0.3) is 0 Å². The number of urea groups is 1. The summed E-state index contributed by atoms with van der Waals surface area (Å²) in [7, 11) is 2.05. The molecule has 2 saturated heterocycles. The van der Waals surface area contributed by atoms with E-state index in [1.807, 2.05) is 7.05 Å². The Hall–Kier alpha value is -1.30. The molecule has 6 nitrogen and oxygen atoms in total. The number of aliphatic carboxylic acids is 1. The fourth-order valence-electron chi connectivity index (χ4n) is 2.89. The molecular weight excluding hydrogens is 246 g/mol. The van der Waals surface area contributed by atoms with Crippen molar-refractivity contribution in [3.05, 3.63) is 0 Å². The summed E-state index contributed by atoms with van der Waals surface area (Å²) in [6.07, 6.45) is 1.30. The SMILES string of the molecule is CC1CN(C(=O)N2CCCC2(C)C(=O)O)CCN1C. The van der Waals surface area contributed by atoms with Crippen LogP contribution in [0.1, 0.15) is 26.7 Å². The van der Waals surface area contributed by atoms with Gasteiger partial charge in [0, 0.05) is 32.2 Å². The van der Waals surface area contributed by atoms with Crippen LogP contribution in [0.15, 0.2) is 0 Å². The predicted molar refractivity (Wildman–Crippen MR) is 71.0 cm³/mol. The van der Waals surface area contributed by atoms with Crippen molar-refractivity contribution < 1.29 is 14.7 Å². The second-order valence-electron chi connectivity index (χ2n) is 5.89. The van der Waals surface area contributed by atoms with E-state index in [1.165, 1.54) is 4.90 Å². The molecule has 0 aromatic rings. The standard InChI is InChI=1S/C13H23N3O3/c1-10-9-15(8-7-14(10)3)12(19)16-6-4-5-13(16,2)11(17)18/h10H,4-9H2,1-3H3,(H,17,18). The molecule has 2 rings (SSSR count). The van der Waals surface area contributed by atoms with Crippen LogP contribution in [-0.2, 0) is 4.79 Å². The number of nitrogens with zero attached hydrogens (tertiary/aromatic N) is 3. The van der Waals surface area contributed by atoms with Gasteiger partial charge in [0.2, 0.25) is 0 Å². The van der Waals surface area contributed by atoms with Crippen molar-refractivity contribution in [2.75, 3.05) is 33.2 Å². The van der Waals surface area contributed by atoms with Gasteiger partial charge in [-0.2, -0.15) is 0 Å². The molecule has 2 fully saturated rings. The van der Waals surface area contributed by atoms with Gasteiger partial charge < -0.3 is 19.8 Å². The highest BCUT2D eigenvalue weighted by molar-refractivity contribution is 5.86. The number of carboxylic acids is 1. The Balaban J connectivity index is 2.09. The number of hydrogen-bond donors (Lipinski definition) is 1. The van der Waals surface area contributed by atoms with Gasteiger partial charge in [-0.1, -0.05) is 0 Å². The largest absolute Gasteiger partial charge is 0.480 e. The number of likely N-dealkylation sites (tertiary alicyclic amines) is 1. The lowest BCUT2D eigenvalue weighted by Crippen LogP contribution is -2.59. The van der Waals surface area contributed by atoms with Gasteiger partial charge in [-0.25, -0.2) is 9.59 Å². The maximum Gasteiger partial charge on any atom is 0.329 e. The molecule has 0 aromatic heterocycles. The number of rotatable bonds is 1. The lowest BCUT2D eigenvalue weighted by Gasteiger charge is -2.41. The van der Waals surface area contributed by atoms with Crippen molar-refractivity contribution in [1.82, 2.24) is 14.7 Å². The third-order valence-corrected chi connectivity index (χ3v) is 4.56. The van der Waals surface area contributed by atoms with Crippen molar-refractivity contribution in [2.24, 2.45) is 0 Å². The summed E-state index contributed by atoms with van der Waals surface area (Å²) < 4.78 is 0. The van der Waals surface area contributed by atoms with Crippen LogP contribution < -0.4 is 0 Å². The smallest absolute Gasteiger partial charge is 0.329 e. The Morgan fingerprint density at radius 2 is 1.95 bits per heavy atom. The minimum absolute atomic E-state index is 0.123. The number of piperazine rings is 1. The van der Waals surface area contributed by atoms with Crippen LogP contribution in [-0.4, -0.2) is 76.6 Å². The van der Waals surface area contributed by atoms with Crippen LogP contribution in [0.4, 0.5) is 4.79 Å². The van der Waals surface area contributed by atoms with Crippen LogP contribution in [0.3, 0.4) is 0 Å². The van der Waals surface area contributed by atoms with Crippen LogP contribution in [0.5, 0.6) is 0 Å². The zero-order valence-corrected chi connectivity index (χ0v) is 11.9. The highest BCUT2D eigenvalue weighted by Gasteiger charge is 2.47. The van der Waals surface area contributed by atoms with Gasteiger partial charge in [-0.05, 0) is 33.7 Å². The Bertz CT molecular complexity index is 387. The number of likely N-dealkylation sites (N-methyl/N-ethyl adjacent to an activating group) is 1. The minimum Gasteiger partial charge on any atom is -0.480 e. The molecule has 2 aliphatic heterocycles. The summed E-state index contributed by atoms with van der Waals surface area (Å²) in [5.74, 6) is -0.902. The molecule has 2 aliphatic rings. The van der Waals surface area contributed by atoms with Crippen molar-refractivity contribution in [1.29, 1.82) is 0 Å². The molecule has 2 unspecified atom stereocenters. The summed E-state index contributed by atoms with van der Waals surface area (Å²) in [4.78, 5) is 29.5. The van der Waals surface area contributed by atoms with E-state index in [-0.39, 0.29) is 6.03 Å². The fourth-order valence-corrected chi connectivity index (χ4v) is 2.89. The van der Waals surface area contributed by atoms with Gasteiger partial charge >= 0.3 is 12.0 Å². The van der Waals surface area contributed by atoms with Crippen molar-refractivity contribution in [3.63, 3.8) is 0 Å². The molecule has 0 spiro atoms. The molecule has 19 heavy (non-hydrogen) atoms. The average Bonchev–Trinajstić information content (AvgIpc) is 2.75. The molecule has 0 saturated carbocycles. The topological polar surface area (TPSA) is 64.1 Å². The lowest BCUT2D eigenvalue weighted by atomic mass is 9.99.